The molecule has 0 saturated heterocycles. The van der Waals surface area contributed by atoms with Gasteiger partial charge in [0.1, 0.15) is 9.77 Å². The minimum Gasteiger partial charge on any atom is -0.465 e. The summed E-state index contributed by atoms with van der Waals surface area (Å²) in [5.74, 6) is -0.654. The molecular weight excluding hydrogens is 300 g/mol. The van der Waals surface area contributed by atoms with Crippen LogP contribution in [0.2, 0.25) is 0 Å². The van der Waals surface area contributed by atoms with E-state index in [-0.39, 0.29) is 28.7 Å². The molecule has 0 radical (unpaired) electrons. The highest BCUT2D eigenvalue weighted by atomic mass is 35.5. The van der Waals surface area contributed by atoms with Crippen LogP contribution in [-0.4, -0.2) is 34.6 Å². The largest absolute Gasteiger partial charge is 0.465 e. The summed E-state index contributed by atoms with van der Waals surface area (Å²) in [5, 5.41) is 1.53. The Morgan fingerprint density at radius 3 is 2.78 bits per heavy atom. The van der Waals surface area contributed by atoms with E-state index >= 15 is 0 Å². The zero-order valence-corrected chi connectivity index (χ0v) is 12.2. The highest BCUT2D eigenvalue weighted by Crippen LogP contribution is 2.22. The van der Waals surface area contributed by atoms with E-state index in [1.54, 1.807) is 0 Å². The maximum atomic E-state index is 11.9. The molecule has 0 saturated carbocycles. The molecule has 0 aliphatic heterocycles. The molecule has 0 amide bonds. The topological polar surface area (TPSA) is 98.5 Å². The number of carbonyl (C=O) groups excluding carboxylic acids is 1. The summed E-state index contributed by atoms with van der Waals surface area (Å²) >= 11 is 1.03. The average molecular weight is 315 g/mol. The fourth-order valence-electron chi connectivity index (χ4n) is 1.14. The first-order chi connectivity index (χ1) is 8.03. The molecule has 0 unspecified atom stereocenters. The first-order valence-corrected chi connectivity index (χ1v) is 7.24. The number of ether oxygens (including phenoxy) is 1. The number of nitrogens with one attached hydrogen (secondary N) is 1. The molecule has 9 heteroatoms. The van der Waals surface area contributed by atoms with Crippen LogP contribution >= 0.6 is 23.7 Å². The molecular formula is C9H15ClN2O4S2. The molecule has 18 heavy (non-hydrogen) atoms. The lowest BCUT2D eigenvalue weighted by atomic mass is 10.4. The number of rotatable bonds is 6. The van der Waals surface area contributed by atoms with E-state index in [0.717, 1.165) is 11.3 Å². The standard InChI is InChI=1S/C9H14N2O4S2.ClH/c1-15-9(12)8-7(3-6-16-8)17(13,14)11-5-2-4-10;/h3,6,11H,2,4-5,10H2,1H3;1H. The van der Waals surface area contributed by atoms with Gasteiger partial charge in [-0.05, 0) is 24.4 Å². The van der Waals surface area contributed by atoms with Crippen molar-refractivity contribution >= 4 is 39.7 Å². The molecule has 0 atom stereocenters. The summed E-state index contributed by atoms with van der Waals surface area (Å²) < 4.78 is 30.6. The lowest BCUT2D eigenvalue weighted by Gasteiger charge is -2.06. The van der Waals surface area contributed by atoms with E-state index < -0.39 is 16.0 Å². The van der Waals surface area contributed by atoms with Gasteiger partial charge in [0, 0.05) is 6.54 Å². The maximum Gasteiger partial charge on any atom is 0.349 e. The van der Waals surface area contributed by atoms with Crippen molar-refractivity contribution in [3.63, 3.8) is 0 Å². The number of hydrogen-bond donors (Lipinski definition) is 2. The minimum absolute atomic E-state index is 0. The minimum atomic E-state index is -3.67. The number of esters is 1. The van der Waals surface area contributed by atoms with Gasteiger partial charge >= 0.3 is 5.97 Å². The fraction of sp³-hybridized carbons (Fsp3) is 0.444. The molecule has 3 N–H and O–H groups in total. The summed E-state index contributed by atoms with van der Waals surface area (Å²) in [6.45, 7) is 0.644. The van der Waals surface area contributed by atoms with Crippen LogP contribution in [0.3, 0.4) is 0 Å². The van der Waals surface area contributed by atoms with Gasteiger partial charge in [0.15, 0.2) is 0 Å². The average Bonchev–Trinajstić information content (AvgIpc) is 2.78. The van der Waals surface area contributed by atoms with Gasteiger partial charge in [0.2, 0.25) is 10.0 Å². The van der Waals surface area contributed by atoms with Crippen molar-refractivity contribution in [2.24, 2.45) is 5.73 Å². The molecule has 104 valence electrons. The Bertz CT molecular complexity index is 487. The van der Waals surface area contributed by atoms with E-state index in [9.17, 15) is 13.2 Å². The van der Waals surface area contributed by atoms with Crippen LogP contribution in [0.5, 0.6) is 0 Å². The highest BCUT2D eigenvalue weighted by molar-refractivity contribution is 7.89. The molecule has 0 aromatic carbocycles. The van der Waals surface area contributed by atoms with Gasteiger partial charge in [-0.3, -0.25) is 0 Å². The number of sulfonamides is 1. The summed E-state index contributed by atoms with van der Waals surface area (Å²) in [5.41, 5.74) is 5.27. The second-order valence-corrected chi connectivity index (χ2v) is 5.80. The van der Waals surface area contributed by atoms with Crippen LogP contribution < -0.4 is 10.5 Å². The number of hydrogen-bond acceptors (Lipinski definition) is 6. The number of carbonyl (C=O) groups is 1. The van der Waals surface area contributed by atoms with E-state index in [2.05, 4.69) is 9.46 Å². The number of methoxy groups -OCH3 is 1. The summed E-state index contributed by atoms with van der Waals surface area (Å²) in [6.07, 6.45) is 0.539. The molecule has 0 bridgehead atoms. The molecule has 0 aliphatic carbocycles. The molecule has 1 aromatic heterocycles. The van der Waals surface area contributed by atoms with Crippen LogP contribution in [0.15, 0.2) is 16.3 Å². The van der Waals surface area contributed by atoms with Crippen molar-refractivity contribution in [1.82, 2.24) is 4.72 Å². The normalized spacial score (nSPS) is 10.8. The summed E-state index contributed by atoms with van der Waals surface area (Å²) in [6, 6.07) is 1.38. The Kier molecular flexibility index (Phi) is 7.41. The third kappa shape index (κ3) is 4.21. The van der Waals surface area contributed by atoms with Crippen LogP contribution in [0.4, 0.5) is 0 Å². The van der Waals surface area contributed by atoms with Crippen molar-refractivity contribution in [3.05, 3.63) is 16.3 Å². The Morgan fingerprint density at radius 2 is 2.22 bits per heavy atom. The molecule has 0 fully saturated rings. The monoisotopic (exact) mass is 314 g/mol. The third-order valence-corrected chi connectivity index (χ3v) is 4.49. The number of thiophene rings is 1. The zero-order valence-electron chi connectivity index (χ0n) is 9.71. The second kappa shape index (κ2) is 7.70. The lowest BCUT2D eigenvalue weighted by Crippen LogP contribution is -2.27. The van der Waals surface area contributed by atoms with Gasteiger partial charge in [-0.1, -0.05) is 0 Å². The van der Waals surface area contributed by atoms with Gasteiger partial charge in [-0.15, -0.1) is 23.7 Å². The smallest absolute Gasteiger partial charge is 0.349 e. The van der Waals surface area contributed by atoms with Crippen molar-refractivity contribution in [2.45, 2.75) is 11.3 Å². The van der Waals surface area contributed by atoms with Gasteiger partial charge in [0.05, 0.1) is 7.11 Å². The van der Waals surface area contributed by atoms with Crippen LogP contribution in [-0.2, 0) is 14.8 Å². The Morgan fingerprint density at radius 1 is 1.56 bits per heavy atom. The zero-order chi connectivity index (χ0) is 12.9. The summed E-state index contributed by atoms with van der Waals surface area (Å²) in [7, 11) is -2.46. The van der Waals surface area contributed by atoms with E-state index in [1.807, 2.05) is 0 Å². The van der Waals surface area contributed by atoms with Crippen molar-refractivity contribution in [1.29, 1.82) is 0 Å². The Hall–Kier alpha value is -0.670. The molecule has 1 rings (SSSR count). The number of nitrogens with two attached hydrogens (primary N) is 1. The van der Waals surface area contributed by atoms with Gasteiger partial charge in [-0.25, -0.2) is 17.9 Å². The maximum absolute atomic E-state index is 11.9. The third-order valence-electron chi connectivity index (χ3n) is 1.96. The molecule has 1 heterocycles. The SMILES string of the molecule is COC(=O)c1sccc1S(=O)(=O)NCCCN.Cl. The van der Waals surface area contributed by atoms with E-state index in [1.165, 1.54) is 18.6 Å². The van der Waals surface area contributed by atoms with Crippen LogP contribution in [0.25, 0.3) is 0 Å². The van der Waals surface area contributed by atoms with E-state index in [4.69, 9.17) is 5.73 Å². The second-order valence-electron chi connectivity index (χ2n) is 3.15. The van der Waals surface area contributed by atoms with E-state index in [0.29, 0.717) is 13.0 Å². The fourth-order valence-corrected chi connectivity index (χ4v) is 3.54. The highest BCUT2D eigenvalue weighted by Gasteiger charge is 2.23. The Labute approximate surface area is 116 Å². The molecule has 0 aliphatic rings. The Balaban J connectivity index is 0.00000289. The first-order valence-electron chi connectivity index (χ1n) is 4.88. The predicted molar refractivity (Wildman–Crippen MR) is 71.8 cm³/mol. The van der Waals surface area contributed by atoms with Gasteiger partial charge in [-0.2, -0.15) is 0 Å². The van der Waals surface area contributed by atoms with Crippen molar-refractivity contribution in [2.75, 3.05) is 20.2 Å². The van der Waals surface area contributed by atoms with Crippen LogP contribution in [0, 0.1) is 0 Å². The molecule has 6 nitrogen and oxygen atoms in total. The molecule has 0 spiro atoms. The van der Waals surface area contributed by atoms with Crippen molar-refractivity contribution < 1.29 is 17.9 Å². The van der Waals surface area contributed by atoms with Crippen LogP contribution in [0.1, 0.15) is 16.1 Å². The quantitative estimate of drug-likeness (QED) is 0.591. The van der Waals surface area contributed by atoms with Crippen molar-refractivity contribution in [3.8, 4) is 0 Å². The molecule has 1 aromatic rings. The van der Waals surface area contributed by atoms with Gasteiger partial charge in [0.25, 0.3) is 0 Å². The summed E-state index contributed by atoms with van der Waals surface area (Å²) in [4.78, 5) is 11.4. The first kappa shape index (κ1) is 17.3. The van der Waals surface area contributed by atoms with Gasteiger partial charge < -0.3 is 10.5 Å². The number of halogens is 1. The predicted octanol–water partition coefficient (Wildman–Crippen LogP) is 0.584. The lowest BCUT2D eigenvalue weighted by molar-refractivity contribution is 0.0602.